The van der Waals surface area contributed by atoms with Crippen molar-refractivity contribution >= 4 is 5.97 Å². The first-order chi connectivity index (χ1) is 8.20. The van der Waals surface area contributed by atoms with Crippen LogP contribution in [-0.2, 0) is 14.3 Å². The highest BCUT2D eigenvalue weighted by atomic mass is 16.5. The second-order valence-electron chi connectivity index (χ2n) is 3.47. The van der Waals surface area contributed by atoms with E-state index in [1.54, 1.807) is 6.92 Å². The summed E-state index contributed by atoms with van der Waals surface area (Å²) >= 11 is 0. The molecular formula is C12H24N2O3. The Hall–Kier alpha value is -1.07. The molecule has 1 saturated heterocycles. The van der Waals surface area contributed by atoms with Gasteiger partial charge in [-0.1, -0.05) is 0 Å². The van der Waals surface area contributed by atoms with E-state index in [9.17, 15) is 4.79 Å². The molecule has 0 unspecified atom stereocenters. The average Bonchev–Trinajstić information content (AvgIpc) is 2.32. The van der Waals surface area contributed by atoms with Gasteiger partial charge in [0.25, 0.3) is 0 Å². The van der Waals surface area contributed by atoms with Gasteiger partial charge in [-0.05, 0) is 20.8 Å². The highest BCUT2D eigenvalue weighted by Gasteiger charge is 1.95. The lowest BCUT2D eigenvalue weighted by atomic mass is 10.4. The van der Waals surface area contributed by atoms with Crippen molar-refractivity contribution in [2.24, 2.45) is 0 Å². The van der Waals surface area contributed by atoms with E-state index in [1.807, 2.05) is 13.8 Å². The number of hydrogen-bond donors (Lipinski definition) is 2. The molecular weight excluding hydrogens is 220 g/mol. The fraction of sp³-hybridized carbons (Fsp3) is 0.750. The molecule has 0 atom stereocenters. The number of esters is 1. The molecule has 1 heterocycles. The van der Waals surface area contributed by atoms with Crippen LogP contribution in [0.25, 0.3) is 0 Å². The van der Waals surface area contributed by atoms with Gasteiger partial charge in [0.05, 0.1) is 19.8 Å². The standard InChI is InChI=1S/C8H15NO2.C4H9NO/c1-4-9-7(3)6-8(10)11-5-2;1-3-6-4-2-5-1/h6,9H,4-5H2,1-3H3;5H,1-4H2. The zero-order chi connectivity index (χ0) is 12.9. The maximum Gasteiger partial charge on any atom is 0.332 e. The number of carbonyl (C=O) groups excluding carboxylic acids is 1. The quantitative estimate of drug-likeness (QED) is 0.562. The predicted molar refractivity (Wildman–Crippen MR) is 67.8 cm³/mol. The third-order valence-corrected chi connectivity index (χ3v) is 1.92. The Morgan fingerprint density at radius 1 is 1.41 bits per heavy atom. The third-order valence-electron chi connectivity index (χ3n) is 1.92. The van der Waals surface area contributed by atoms with E-state index in [1.165, 1.54) is 6.08 Å². The molecule has 0 aliphatic carbocycles. The lowest BCUT2D eigenvalue weighted by Crippen LogP contribution is -2.30. The topological polar surface area (TPSA) is 59.6 Å². The molecule has 1 aliphatic rings. The van der Waals surface area contributed by atoms with E-state index < -0.39 is 0 Å². The van der Waals surface area contributed by atoms with Gasteiger partial charge in [0.1, 0.15) is 0 Å². The first-order valence-corrected chi connectivity index (χ1v) is 6.08. The Morgan fingerprint density at radius 3 is 2.41 bits per heavy atom. The number of ether oxygens (including phenoxy) is 2. The molecule has 0 aromatic rings. The summed E-state index contributed by atoms with van der Waals surface area (Å²) in [5.74, 6) is -0.286. The minimum absolute atomic E-state index is 0.286. The molecule has 0 spiro atoms. The second kappa shape index (κ2) is 11.4. The van der Waals surface area contributed by atoms with Crippen LogP contribution in [0, 0.1) is 0 Å². The monoisotopic (exact) mass is 244 g/mol. The van der Waals surface area contributed by atoms with Gasteiger partial charge >= 0.3 is 5.97 Å². The predicted octanol–water partition coefficient (Wildman–Crippen LogP) is 0.669. The zero-order valence-corrected chi connectivity index (χ0v) is 11.0. The molecule has 0 amide bonds. The molecule has 0 radical (unpaired) electrons. The zero-order valence-electron chi connectivity index (χ0n) is 11.0. The van der Waals surface area contributed by atoms with Crippen LogP contribution in [0.3, 0.4) is 0 Å². The molecule has 5 nitrogen and oxygen atoms in total. The van der Waals surface area contributed by atoms with Crippen LogP contribution in [0.2, 0.25) is 0 Å². The van der Waals surface area contributed by atoms with E-state index >= 15 is 0 Å². The maximum atomic E-state index is 10.8. The van der Waals surface area contributed by atoms with Crippen LogP contribution in [0.15, 0.2) is 11.8 Å². The lowest BCUT2D eigenvalue weighted by molar-refractivity contribution is -0.137. The van der Waals surface area contributed by atoms with Crippen LogP contribution in [0.1, 0.15) is 20.8 Å². The molecule has 0 aromatic heterocycles. The molecule has 0 aromatic carbocycles. The molecule has 1 fully saturated rings. The third kappa shape index (κ3) is 11.2. The summed E-state index contributed by atoms with van der Waals surface area (Å²) in [5.41, 5.74) is 0.839. The van der Waals surface area contributed by atoms with Crippen molar-refractivity contribution in [3.63, 3.8) is 0 Å². The van der Waals surface area contributed by atoms with Crippen molar-refractivity contribution in [1.29, 1.82) is 0 Å². The van der Waals surface area contributed by atoms with Crippen molar-refractivity contribution in [1.82, 2.24) is 10.6 Å². The molecule has 17 heavy (non-hydrogen) atoms. The molecule has 2 N–H and O–H groups in total. The summed E-state index contributed by atoms with van der Waals surface area (Å²) in [6.45, 7) is 10.7. The minimum Gasteiger partial charge on any atom is -0.463 e. The highest BCUT2D eigenvalue weighted by molar-refractivity contribution is 5.82. The summed E-state index contributed by atoms with van der Waals surface area (Å²) in [7, 11) is 0. The van der Waals surface area contributed by atoms with Crippen molar-refractivity contribution in [2.75, 3.05) is 39.5 Å². The van der Waals surface area contributed by atoms with Gasteiger partial charge in [-0.2, -0.15) is 0 Å². The molecule has 1 aliphatic heterocycles. The smallest absolute Gasteiger partial charge is 0.332 e. The van der Waals surface area contributed by atoms with Crippen LogP contribution < -0.4 is 10.6 Å². The molecule has 0 bridgehead atoms. The Morgan fingerprint density at radius 2 is 2.06 bits per heavy atom. The van der Waals surface area contributed by atoms with Crippen molar-refractivity contribution in [3.8, 4) is 0 Å². The SMILES string of the molecule is C1COCCN1.CCNC(C)=CC(=O)OCC. The van der Waals surface area contributed by atoms with Crippen LogP contribution in [0.4, 0.5) is 0 Å². The molecule has 100 valence electrons. The van der Waals surface area contributed by atoms with Gasteiger partial charge in [-0.3, -0.25) is 0 Å². The van der Waals surface area contributed by atoms with E-state index in [2.05, 4.69) is 10.6 Å². The lowest BCUT2D eigenvalue weighted by Gasteiger charge is -2.10. The van der Waals surface area contributed by atoms with Crippen LogP contribution >= 0.6 is 0 Å². The Balaban J connectivity index is 0.000000354. The fourth-order valence-corrected chi connectivity index (χ4v) is 1.21. The maximum absolute atomic E-state index is 10.8. The Kier molecular flexibility index (Phi) is 10.7. The summed E-state index contributed by atoms with van der Waals surface area (Å²) in [4.78, 5) is 10.8. The number of hydrogen-bond acceptors (Lipinski definition) is 5. The molecule has 1 rings (SSSR count). The van der Waals surface area contributed by atoms with Gasteiger partial charge in [0.15, 0.2) is 0 Å². The van der Waals surface area contributed by atoms with Crippen molar-refractivity contribution < 1.29 is 14.3 Å². The van der Waals surface area contributed by atoms with Crippen molar-refractivity contribution in [2.45, 2.75) is 20.8 Å². The summed E-state index contributed by atoms with van der Waals surface area (Å²) < 4.78 is 9.71. The van der Waals surface area contributed by atoms with Crippen molar-refractivity contribution in [3.05, 3.63) is 11.8 Å². The van der Waals surface area contributed by atoms with Crippen LogP contribution in [0.5, 0.6) is 0 Å². The van der Waals surface area contributed by atoms with Gasteiger partial charge in [0, 0.05) is 31.4 Å². The van der Waals surface area contributed by atoms with Crippen LogP contribution in [-0.4, -0.2) is 45.4 Å². The van der Waals surface area contributed by atoms with Gasteiger partial charge in [-0.15, -0.1) is 0 Å². The fourth-order valence-electron chi connectivity index (χ4n) is 1.21. The Labute approximate surface area is 104 Å². The summed E-state index contributed by atoms with van der Waals surface area (Å²) in [6.07, 6.45) is 1.45. The van der Waals surface area contributed by atoms with Gasteiger partial charge in [-0.25, -0.2) is 4.79 Å². The second-order valence-corrected chi connectivity index (χ2v) is 3.47. The largest absolute Gasteiger partial charge is 0.463 e. The van der Waals surface area contributed by atoms with E-state index in [0.29, 0.717) is 6.61 Å². The normalized spacial score (nSPS) is 15.6. The number of nitrogens with one attached hydrogen (secondary N) is 2. The number of rotatable bonds is 4. The average molecular weight is 244 g/mol. The summed E-state index contributed by atoms with van der Waals surface area (Å²) in [6, 6.07) is 0. The van der Waals surface area contributed by atoms with E-state index in [4.69, 9.17) is 9.47 Å². The number of allylic oxidation sites excluding steroid dienone is 1. The minimum atomic E-state index is -0.286. The molecule has 5 heteroatoms. The van der Waals surface area contributed by atoms with E-state index in [0.717, 1.165) is 38.5 Å². The number of morpholine rings is 1. The molecule has 0 saturated carbocycles. The summed E-state index contributed by atoms with van der Waals surface area (Å²) in [5, 5.41) is 6.15. The highest BCUT2D eigenvalue weighted by Crippen LogP contribution is 1.88. The van der Waals surface area contributed by atoms with Gasteiger partial charge < -0.3 is 20.1 Å². The van der Waals surface area contributed by atoms with E-state index in [-0.39, 0.29) is 5.97 Å². The first-order valence-electron chi connectivity index (χ1n) is 6.08. The first kappa shape index (κ1) is 15.9. The number of carbonyl (C=O) groups is 1. The Bertz CT molecular complexity index is 214. The van der Waals surface area contributed by atoms with Gasteiger partial charge in [0.2, 0.25) is 0 Å².